The van der Waals surface area contributed by atoms with E-state index in [-0.39, 0.29) is 23.9 Å². The highest BCUT2D eigenvalue weighted by molar-refractivity contribution is 6.04. The lowest BCUT2D eigenvalue weighted by Gasteiger charge is -2.20. The Morgan fingerprint density at radius 3 is 2.52 bits per heavy atom. The number of benzene rings is 2. The monoisotopic (exact) mass is 417 g/mol. The van der Waals surface area contributed by atoms with Crippen LogP contribution in [0.15, 0.2) is 54.7 Å². The maximum atomic E-state index is 12.8. The van der Waals surface area contributed by atoms with Crippen LogP contribution in [0.3, 0.4) is 0 Å². The van der Waals surface area contributed by atoms with E-state index in [9.17, 15) is 14.4 Å². The third-order valence-corrected chi connectivity index (χ3v) is 5.60. The number of aromatic nitrogens is 2. The molecule has 3 amide bonds. The molecule has 0 radical (unpaired) electrons. The van der Waals surface area contributed by atoms with Gasteiger partial charge in [-0.3, -0.25) is 14.4 Å². The number of hydrogen-bond acceptors (Lipinski definition) is 4. The van der Waals surface area contributed by atoms with E-state index in [1.54, 1.807) is 35.4 Å². The smallest absolute Gasteiger partial charge is 0.269 e. The van der Waals surface area contributed by atoms with E-state index in [4.69, 9.17) is 5.73 Å². The first kappa shape index (κ1) is 20.3. The third-order valence-electron chi connectivity index (χ3n) is 5.60. The Kier molecular flexibility index (Phi) is 5.29. The first-order valence-electron chi connectivity index (χ1n) is 9.97. The van der Waals surface area contributed by atoms with Gasteiger partial charge in [0.1, 0.15) is 5.69 Å². The van der Waals surface area contributed by atoms with E-state index in [1.165, 1.54) is 10.7 Å². The number of carbonyl (C=O) groups is 3. The molecule has 31 heavy (non-hydrogen) atoms. The van der Waals surface area contributed by atoms with E-state index in [0.717, 1.165) is 22.5 Å². The Balaban J connectivity index is 1.43. The quantitative estimate of drug-likeness (QED) is 0.665. The predicted molar refractivity (Wildman–Crippen MR) is 117 cm³/mol. The standard InChI is InChI=1S/C23H23N5O3/c1-14-4-3-5-20(15(14)2)27-13-16(12-21(27)29)23(31)25-17-6-8-18(9-7-17)28-11-10-19(26-28)22(24)30/h3-11,16H,12-13H2,1-2H3,(H2,24,30)(H,25,31). The molecule has 1 aliphatic rings. The number of hydrogen-bond donors (Lipinski definition) is 2. The van der Waals surface area contributed by atoms with Gasteiger partial charge in [-0.05, 0) is 61.4 Å². The van der Waals surface area contributed by atoms with Crippen molar-refractivity contribution in [1.82, 2.24) is 9.78 Å². The normalized spacial score (nSPS) is 15.9. The van der Waals surface area contributed by atoms with E-state index >= 15 is 0 Å². The predicted octanol–water partition coefficient (Wildman–Crippen LogP) is 2.58. The SMILES string of the molecule is Cc1cccc(N2CC(C(=O)Nc3ccc(-n4ccc(C(N)=O)n4)cc3)CC2=O)c1C. The third kappa shape index (κ3) is 4.05. The fourth-order valence-corrected chi connectivity index (χ4v) is 3.69. The van der Waals surface area contributed by atoms with E-state index < -0.39 is 11.8 Å². The number of carbonyl (C=O) groups excluding carboxylic acids is 3. The van der Waals surface area contributed by atoms with E-state index in [1.807, 2.05) is 32.0 Å². The molecular weight excluding hydrogens is 394 g/mol. The van der Waals surface area contributed by atoms with Crippen LogP contribution >= 0.6 is 0 Å². The highest BCUT2D eigenvalue weighted by Crippen LogP contribution is 2.30. The van der Waals surface area contributed by atoms with Crippen LogP contribution in [-0.4, -0.2) is 34.0 Å². The molecule has 3 N–H and O–H groups in total. The molecule has 3 aromatic rings. The van der Waals surface area contributed by atoms with Crippen LogP contribution < -0.4 is 16.0 Å². The summed E-state index contributed by atoms with van der Waals surface area (Å²) in [5.41, 5.74) is 9.76. The maximum Gasteiger partial charge on any atom is 0.269 e. The molecule has 1 aromatic heterocycles. The van der Waals surface area contributed by atoms with Crippen LogP contribution in [-0.2, 0) is 9.59 Å². The van der Waals surface area contributed by atoms with Crippen molar-refractivity contribution < 1.29 is 14.4 Å². The van der Waals surface area contributed by atoms with Gasteiger partial charge in [-0.15, -0.1) is 0 Å². The highest BCUT2D eigenvalue weighted by atomic mass is 16.2. The van der Waals surface area contributed by atoms with Gasteiger partial charge in [0, 0.05) is 30.5 Å². The largest absolute Gasteiger partial charge is 0.364 e. The lowest BCUT2D eigenvalue weighted by Crippen LogP contribution is -2.28. The van der Waals surface area contributed by atoms with Gasteiger partial charge in [0.25, 0.3) is 5.91 Å². The molecular formula is C23H23N5O3. The van der Waals surface area contributed by atoms with Gasteiger partial charge in [0.05, 0.1) is 11.6 Å². The number of amides is 3. The molecule has 1 unspecified atom stereocenters. The topological polar surface area (TPSA) is 110 Å². The van der Waals surface area contributed by atoms with Crippen molar-refractivity contribution in [3.05, 3.63) is 71.5 Å². The number of nitrogens with two attached hydrogens (primary N) is 1. The number of aryl methyl sites for hydroxylation is 1. The summed E-state index contributed by atoms with van der Waals surface area (Å²) in [5, 5.41) is 6.99. The van der Waals surface area contributed by atoms with Crippen LogP contribution in [0.5, 0.6) is 0 Å². The zero-order valence-corrected chi connectivity index (χ0v) is 17.3. The second-order valence-electron chi connectivity index (χ2n) is 7.67. The minimum absolute atomic E-state index is 0.0480. The van der Waals surface area contributed by atoms with Gasteiger partial charge in [0.2, 0.25) is 11.8 Å². The molecule has 4 rings (SSSR count). The van der Waals surface area contributed by atoms with Crippen molar-refractivity contribution in [2.45, 2.75) is 20.3 Å². The summed E-state index contributed by atoms with van der Waals surface area (Å²) in [6.45, 7) is 4.35. The lowest BCUT2D eigenvalue weighted by atomic mass is 10.1. The molecule has 1 saturated heterocycles. The van der Waals surface area contributed by atoms with Gasteiger partial charge in [-0.2, -0.15) is 5.10 Å². The second-order valence-corrected chi connectivity index (χ2v) is 7.67. The Bertz CT molecular complexity index is 1170. The first-order valence-corrected chi connectivity index (χ1v) is 9.97. The van der Waals surface area contributed by atoms with E-state index in [2.05, 4.69) is 10.4 Å². The molecule has 1 aliphatic heterocycles. The summed E-state index contributed by atoms with van der Waals surface area (Å²) < 4.78 is 1.53. The summed E-state index contributed by atoms with van der Waals surface area (Å²) in [4.78, 5) is 38.2. The summed E-state index contributed by atoms with van der Waals surface area (Å²) in [7, 11) is 0. The second kappa shape index (κ2) is 8.06. The van der Waals surface area contributed by atoms with Gasteiger partial charge in [-0.25, -0.2) is 4.68 Å². The van der Waals surface area contributed by atoms with Gasteiger partial charge >= 0.3 is 0 Å². The molecule has 158 valence electrons. The fraction of sp³-hybridized carbons (Fsp3) is 0.217. The van der Waals surface area contributed by atoms with Crippen molar-refractivity contribution in [1.29, 1.82) is 0 Å². The van der Waals surface area contributed by atoms with Crippen molar-refractivity contribution >= 4 is 29.1 Å². The molecule has 8 nitrogen and oxygen atoms in total. The lowest BCUT2D eigenvalue weighted by molar-refractivity contribution is -0.122. The van der Waals surface area contributed by atoms with Crippen molar-refractivity contribution in [2.24, 2.45) is 11.7 Å². The Hall–Kier alpha value is -3.94. The number of rotatable bonds is 5. The van der Waals surface area contributed by atoms with Crippen molar-refractivity contribution in [2.75, 3.05) is 16.8 Å². The number of nitrogens with one attached hydrogen (secondary N) is 1. The molecule has 8 heteroatoms. The number of primary amides is 1. The van der Waals surface area contributed by atoms with E-state index in [0.29, 0.717) is 12.2 Å². The van der Waals surface area contributed by atoms with Gasteiger partial charge in [-0.1, -0.05) is 12.1 Å². The molecule has 1 atom stereocenters. The minimum atomic E-state index is -0.594. The molecule has 0 bridgehead atoms. The molecule has 2 aromatic carbocycles. The van der Waals surface area contributed by atoms with Gasteiger partial charge in [0.15, 0.2) is 0 Å². The molecule has 0 saturated carbocycles. The van der Waals surface area contributed by atoms with Crippen LogP contribution in [0, 0.1) is 19.8 Å². The Morgan fingerprint density at radius 2 is 1.84 bits per heavy atom. The van der Waals surface area contributed by atoms with Crippen LogP contribution in [0.4, 0.5) is 11.4 Å². The van der Waals surface area contributed by atoms with Crippen molar-refractivity contribution in [3.8, 4) is 5.69 Å². The minimum Gasteiger partial charge on any atom is -0.364 e. The average Bonchev–Trinajstić information content (AvgIpc) is 3.38. The van der Waals surface area contributed by atoms with Crippen molar-refractivity contribution in [3.63, 3.8) is 0 Å². The average molecular weight is 417 g/mol. The van der Waals surface area contributed by atoms with Crippen LogP contribution in [0.25, 0.3) is 5.69 Å². The molecule has 1 fully saturated rings. The highest BCUT2D eigenvalue weighted by Gasteiger charge is 2.35. The molecule has 2 heterocycles. The first-order chi connectivity index (χ1) is 14.8. The summed E-state index contributed by atoms with van der Waals surface area (Å²) >= 11 is 0. The Morgan fingerprint density at radius 1 is 1.10 bits per heavy atom. The molecule has 0 aliphatic carbocycles. The summed E-state index contributed by atoms with van der Waals surface area (Å²) in [5.74, 6) is -1.25. The molecule has 0 spiro atoms. The van der Waals surface area contributed by atoms with Crippen LogP contribution in [0.1, 0.15) is 28.0 Å². The zero-order valence-electron chi connectivity index (χ0n) is 17.3. The maximum absolute atomic E-state index is 12.8. The summed E-state index contributed by atoms with van der Waals surface area (Å²) in [6.07, 6.45) is 1.82. The number of anilines is 2. The van der Waals surface area contributed by atoms with Crippen LogP contribution in [0.2, 0.25) is 0 Å². The van der Waals surface area contributed by atoms with Gasteiger partial charge < -0.3 is 16.0 Å². The number of nitrogens with zero attached hydrogens (tertiary/aromatic N) is 3. The fourth-order valence-electron chi connectivity index (χ4n) is 3.69. The zero-order chi connectivity index (χ0) is 22.1. The summed E-state index contributed by atoms with van der Waals surface area (Å²) in [6, 6.07) is 14.4. The Labute approximate surface area is 179 Å².